The molecular formula is C18H16N2O. The van der Waals surface area contributed by atoms with Gasteiger partial charge >= 0.3 is 0 Å². The van der Waals surface area contributed by atoms with Gasteiger partial charge < -0.3 is 4.90 Å². The molecule has 21 heavy (non-hydrogen) atoms. The van der Waals surface area contributed by atoms with Gasteiger partial charge in [-0.15, -0.1) is 0 Å². The van der Waals surface area contributed by atoms with Crippen LogP contribution in [0.1, 0.15) is 27.0 Å². The molecule has 1 aliphatic heterocycles. The number of nitriles is 1. The largest absolute Gasteiger partial charge is 0.338 e. The van der Waals surface area contributed by atoms with Crippen LogP contribution in [-0.2, 0) is 12.8 Å². The third kappa shape index (κ3) is 2.80. The molecule has 1 amide bonds. The number of amides is 1. The van der Waals surface area contributed by atoms with E-state index in [4.69, 9.17) is 5.26 Å². The molecule has 0 saturated carbocycles. The maximum atomic E-state index is 12.5. The molecule has 0 atom stereocenters. The predicted molar refractivity (Wildman–Crippen MR) is 80.9 cm³/mol. The van der Waals surface area contributed by atoms with Crippen LogP contribution in [0.4, 0.5) is 0 Å². The summed E-state index contributed by atoms with van der Waals surface area (Å²) < 4.78 is 0. The van der Waals surface area contributed by atoms with Gasteiger partial charge in [0, 0.05) is 18.7 Å². The molecule has 0 fully saturated rings. The highest BCUT2D eigenvalue weighted by atomic mass is 16.2. The molecule has 0 spiro atoms. The summed E-state index contributed by atoms with van der Waals surface area (Å²) in [5.41, 5.74) is 3.91. The van der Waals surface area contributed by atoms with Crippen molar-refractivity contribution in [2.45, 2.75) is 12.8 Å². The lowest BCUT2D eigenvalue weighted by molar-refractivity contribution is 0.0763. The van der Waals surface area contributed by atoms with Crippen LogP contribution in [0.3, 0.4) is 0 Å². The fourth-order valence-electron chi connectivity index (χ4n) is 2.74. The van der Waals surface area contributed by atoms with Gasteiger partial charge in [0.2, 0.25) is 0 Å². The molecule has 1 heterocycles. The average Bonchev–Trinajstić information content (AvgIpc) is 2.77. The summed E-state index contributed by atoms with van der Waals surface area (Å²) in [5.74, 6) is 0.0484. The quantitative estimate of drug-likeness (QED) is 0.804. The number of hydrogen-bond donors (Lipinski definition) is 0. The molecule has 0 aliphatic carbocycles. The molecule has 0 saturated heterocycles. The Kier molecular flexibility index (Phi) is 3.70. The first kappa shape index (κ1) is 13.4. The zero-order valence-electron chi connectivity index (χ0n) is 11.7. The molecule has 0 bridgehead atoms. The monoisotopic (exact) mass is 276 g/mol. The Hall–Kier alpha value is -2.60. The van der Waals surface area contributed by atoms with Crippen molar-refractivity contribution in [1.82, 2.24) is 4.90 Å². The van der Waals surface area contributed by atoms with Crippen LogP contribution < -0.4 is 0 Å². The molecule has 0 unspecified atom stereocenters. The van der Waals surface area contributed by atoms with Crippen LogP contribution in [0.5, 0.6) is 0 Å². The fraction of sp³-hybridized carbons (Fsp3) is 0.222. The lowest BCUT2D eigenvalue weighted by atomic mass is 10.0. The molecule has 2 aromatic carbocycles. The Labute approximate surface area is 124 Å². The molecule has 1 aliphatic rings. The van der Waals surface area contributed by atoms with Gasteiger partial charge in [-0.05, 0) is 48.2 Å². The number of hydrogen-bond acceptors (Lipinski definition) is 2. The Morgan fingerprint density at radius 2 is 1.52 bits per heavy atom. The Morgan fingerprint density at radius 1 is 0.952 bits per heavy atom. The van der Waals surface area contributed by atoms with Gasteiger partial charge in [0.15, 0.2) is 0 Å². The van der Waals surface area contributed by atoms with E-state index in [0.717, 1.165) is 25.9 Å². The van der Waals surface area contributed by atoms with E-state index in [9.17, 15) is 4.79 Å². The maximum absolute atomic E-state index is 12.5. The van der Waals surface area contributed by atoms with Crippen molar-refractivity contribution < 1.29 is 4.79 Å². The molecule has 0 N–H and O–H groups in total. The fourth-order valence-corrected chi connectivity index (χ4v) is 2.74. The maximum Gasteiger partial charge on any atom is 0.253 e. The van der Waals surface area contributed by atoms with Gasteiger partial charge in [0.25, 0.3) is 5.91 Å². The van der Waals surface area contributed by atoms with Crippen LogP contribution in [0.2, 0.25) is 0 Å². The summed E-state index contributed by atoms with van der Waals surface area (Å²) >= 11 is 0. The topological polar surface area (TPSA) is 44.1 Å². The smallest absolute Gasteiger partial charge is 0.253 e. The van der Waals surface area contributed by atoms with Crippen molar-refractivity contribution in [2.75, 3.05) is 13.1 Å². The minimum atomic E-state index is 0.0484. The summed E-state index contributed by atoms with van der Waals surface area (Å²) in [6.07, 6.45) is 1.80. The average molecular weight is 276 g/mol. The molecule has 0 aromatic heterocycles. The van der Waals surface area contributed by atoms with Gasteiger partial charge in [0.05, 0.1) is 11.6 Å². The van der Waals surface area contributed by atoms with Gasteiger partial charge in [-0.25, -0.2) is 0 Å². The standard InChI is InChI=1S/C18H16N2O/c19-13-14-5-7-17(8-6-14)18(21)20-11-9-15-3-1-2-4-16(15)10-12-20/h1-8H,9-12H2. The van der Waals surface area contributed by atoms with Crippen LogP contribution in [0.15, 0.2) is 48.5 Å². The van der Waals surface area contributed by atoms with Crippen LogP contribution in [0.25, 0.3) is 0 Å². The highest BCUT2D eigenvalue weighted by Gasteiger charge is 2.19. The summed E-state index contributed by atoms with van der Waals surface area (Å²) in [4.78, 5) is 14.5. The Bertz CT molecular complexity index is 671. The third-order valence-corrected chi connectivity index (χ3v) is 3.97. The minimum Gasteiger partial charge on any atom is -0.338 e. The first-order valence-corrected chi connectivity index (χ1v) is 7.14. The first-order chi connectivity index (χ1) is 10.3. The Morgan fingerprint density at radius 3 is 2.05 bits per heavy atom. The third-order valence-electron chi connectivity index (χ3n) is 3.97. The van der Waals surface area contributed by atoms with Gasteiger partial charge in [-0.3, -0.25) is 4.79 Å². The number of rotatable bonds is 1. The van der Waals surface area contributed by atoms with Crippen molar-refractivity contribution in [3.63, 3.8) is 0 Å². The SMILES string of the molecule is N#Cc1ccc(C(=O)N2CCc3ccccc3CC2)cc1. The molecule has 3 heteroatoms. The Balaban J connectivity index is 1.76. The van der Waals surface area contributed by atoms with Crippen LogP contribution in [-0.4, -0.2) is 23.9 Å². The predicted octanol–water partition coefficient (Wildman–Crippen LogP) is 2.80. The normalized spacial score (nSPS) is 14.0. The zero-order valence-corrected chi connectivity index (χ0v) is 11.7. The number of fused-ring (bicyclic) bond motifs is 1. The number of benzene rings is 2. The van der Waals surface area contributed by atoms with Crippen molar-refractivity contribution in [3.8, 4) is 6.07 Å². The second kappa shape index (κ2) is 5.80. The van der Waals surface area contributed by atoms with E-state index >= 15 is 0 Å². The van der Waals surface area contributed by atoms with E-state index < -0.39 is 0 Å². The molecule has 0 radical (unpaired) electrons. The van der Waals surface area contributed by atoms with Crippen LogP contribution >= 0.6 is 0 Å². The molecule has 3 nitrogen and oxygen atoms in total. The van der Waals surface area contributed by atoms with E-state index in [1.807, 2.05) is 4.90 Å². The van der Waals surface area contributed by atoms with Gasteiger partial charge in [-0.2, -0.15) is 5.26 Å². The lowest BCUT2D eigenvalue weighted by Gasteiger charge is -2.20. The first-order valence-electron chi connectivity index (χ1n) is 7.14. The minimum absolute atomic E-state index is 0.0484. The number of carbonyl (C=O) groups is 1. The van der Waals surface area contributed by atoms with Crippen molar-refractivity contribution in [3.05, 3.63) is 70.8 Å². The zero-order chi connectivity index (χ0) is 14.7. The second-order valence-electron chi connectivity index (χ2n) is 5.25. The van der Waals surface area contributed by atoms with Crippen LogP contribution in [0, 0.1) is 11.3 Å². The highest BCUT2D eigenvalue weighted by molar-refractivity contribution is 5.94. The molecule has 2 aromatic rings. The van der Waals surface area contributed by atoms with E-state index in [-0.39, 0.29) is 5.91 Å². The van der Waals surface area contributed by atoms with Gasteiger partial charge in [0.1, 0.15) is 0 Å². The molecule has 104 valence electrons. The summed E-state index contributed by atoms with van der Waals surface area (Å²) in [5, 5.41) is 8.81. The summed E-state index contributed by atoms with van der Waals surface area (Å²) in [7, 11) is 0. The van der Waals surface area contributed by atoms with E-state index in [0.29, 0.717) is 11.1 Å². The second-order valence-corrected chi connectivity index (χ2v) is 5.25. The van der Waals surface area contributed by atoms with Crippen molar-refractivity contribution in [2.24, 2.45) is 0 Å². The molecule has 3 rings (SSSR count). The molecular weight excluding hydrogens is 260 g/mol. The summed E-state index contributed by atoms with van der Waals surface area (Å²) in [6, 6.07) is 17.3. The van der Waals surface area contributed by atoms with Crippen molar-refractivity contribution in [1.29, 1.82) is 5.26 Å². The van der Waals surface area contributed by atoms with Crippen molar-refractivity contribution >= 4 is 5.91 Å². The van der Waals surface area contributed by atoms with E-state index in [2.05, 4.69) is 30.3 Å². The number of nitrogens with zero attached hydrogens (tertiary/aromatic N) is 2. The van der Waals surface area contributed by atoms with Gasteiger partial charge in [-0.1, -0.05) is 24.3 Å². The highest BCUT2D eigenvalue weighted by Crippen LogP contribution is 2.17. The summed E-state index contributed by atoms with van der Waals surface area (Å²) in [6.45, 7) is 1.49. The van der Waals surface area contributed by atoms with E-state index in [1.165, 1.54) is 11.1 Å². The lowest BCUT2D eigenvalue weighted by Crippen LogP contribution is -2.33. The van der Waals surface area contributed by atoms with E-state index in [1.54, 1.807) is 24.3 Å². The number of carbonyl (C=O) groups excluding carboxylic acids is 1.